The van der Waals surface area contributed by atoms with Gasteiger partial charge in [0.2, 0.25) is 5.91 Å². The van der Waals surface area contributed by atoms with E-state index >= 15 is 0 Å². The number of amides is 1. The van der Waals surface area contributed by atoms with Crippen LogP contribution in [0.4, 0.5) is 5.00 Å². The van der Waals surface area contributed by atoms with E-state index in [-0.39, 0.29) is 11.3 Å². The van der Waals surface area contributed by atoms with Crippen molar-refractivity contribution in [3.8, 4) is 0 Å². The fourth-order valence-corrected chi connectivity index (χ4v) is 6.66. The summed E-state index contributed by atoms with van der Waals surface area (Å²) in [6.45, 7) is 7.29. The van der Waals surface area contributed by atoms with E-state index in [0.717, 1.165) is 5.00 Å². The molecule has 0 radical (unpaired) electrons. The summed E-state index contributed by atoms with van der Waals surface area (Å²) in [5.41, 5.74) is -0.682. The fourth-order valence-electron chi connectivity index (χ4n) is 3.52. The Morgan fingerprint density at radius 3 is 2.52 bits per heavy atom. The maximum Gasteiger partial charge on any atom is 0.327 e. The summed E-state index contributed by atoms with van der Waals surface area (Å²) in [4.78, 5) is 28.0. The number of fused-ring (bicyclic) bond motifs is 1. The molecule has 0 spiro atoms. The van der Waals surface area contributed by atoms with Crippen LogP contribution in [0.15, 0.2) is 17.5 Å². The Kier molecular flexibility index (Phi) is 3.77. The fraction of sp³-hybridized carbons (Fsp3) is 0.533. The van der Waals surface area contributed by atoms with E-state index in [2.05, 4.69) is 0 Å². The first-order valence-corrected chi connectivity index (χ1v) is 9.37. The van der Waals surface area contributed by atoms with Gasteiger partial charge in [-0.25, -0.2) is 4.79 Å². The molecule has 8 heteroatoms. The number of thioether (sulfide) groups is 1. The molecule has 2 aliphatic rings. The molecule has 2 aliphatic heterocycles. The Bertz CT molecular complexity index is 688. The Morgan fingerprint density at radius 2 is 2.04 bits per heavy atom. The topological polar surface area (TPSA) is 60.9 Å². The Morgan fingerprint density at radius 1 is 1.39 bits per heavy atom. The number of hydrogen-bond donors (Lipinski definition) is 1. The molecule has 5 nitrogen and oxygen atoms in total. The van der Waals surface area contributed by atoms with Gasteiger partial charge in [-0.1, -0.05) is 12.2 Å². The highest BCUT2D eigenvalue weighted by molar-refractivity contribution is 8.02. The molecular weight excluding hydrogens is 352 g/mol. The second kappa shape index (κ2) is 5.19. The number of aliphatic carboxylic acids is 1. The van der Waals surface area contributed by atoms with E-state index in [0.29, 0.717) is 4.99 Å². The quantitative estimate of drug-likeness (QED) is 0.826. The summed E-state index contributed by atoms with van der Waals surface area (Å²) in [6, 6.07) is 3.11. The molecule has 0 unspecified atom stereocenters. The molecule has 1 aromatic heterocycles. The lowest BCUT2D eigenvalue weighted by Crippen LogP contribution is -2.78. The number of carbonyl (C=O) groups excluding carboxylic acids is 1. The van der Waals surface area contributed by atoms with Crippen molar-refractivity contribution in [3.63, 3.8) is 0 Å². The van der Waals surface area contributed by atoms with E-state index < -0.39 is 22.3 Å². The molecule has 1 amide bonds. The van der Waals surface area contributed by atoms with E-state index in [4.69, 9.17) is 12.2 Å². The van der Waals surface area contributed by atoms with Crippen molar-refractivity contribution in [2.75, 3.05) is 4.90 Å². The van der Waals surface area contributed by atoms with Crippen molar-refractivity contribution < 1.29 is 14.7 Å². The van der Waals surface area contributed by atoms with Crippen molar-refractivity contribution in [3.05, 3.63) is 17.5 Å². The van der Waals surface area contributed by atoms with Crippen molar-refractivity contribution in [2.45, 2.75) is 49.4 Å². The average Bonchev–Trinajstić information content (AvgIpc) is 3.02. The zero-order chi connectivity index (χ0) is 17.2. The molecule has 1 aromatic rings. The summed E-state index contributed by atoms with van der Waals surface area (Å²) in [6.07, 6.45) is 0. The lowest BCUT2D eigenvalue weighted by Gasteiger charge is -2.58. The third kappa shape index (κ3) is 2.15. The molecule has 2 fully saturated rings. The maximum atomic E-state index is 12.3. The van der Waals surface area contributed by atoms with Crippen LogP contribution in [0.1, 0.15) is 27.7 Å². The average molecular weight is 371 g/mol. The van der Waals surface area contributed by atoms with E-state index in [9.17, 15) is 14.7 Å². The highest BCUT2D eigenvalue weighted by Crippen LogP contribution is 2.57. The number of carbonyl (C=O) groups is 2. The van der Waals surface area contributed by atoms with E-state index in [1.807, 2.05) is 38.3 Å². The number of hydrogen-bond acceptors (Lipinski definition) is 5. The molecule has 23 heavy (non-hydrogen) atoms. The predicted octanol–water partition coefficient (Wildman–Crippen LogP) is 2.81. The third-order valence-corrected chi connectivity index (χ3v) is 7.71. The molecule has 0 aliphatic carbocycles. The van der Waals surface area contributed by atoms with Crippen LogP contribution >= 0.6 is 35.3 Å². The molecule has 124 valence electrons. The summed E-state index contributed by atoms with van der Waals surface area (Å²) in [5, 5.41) is 12.2. The van der Waals surface area contributed by atoms with Crippen molar-refractivity contribution in [1.29, 1.82) is 0 Å². The number of carboxylic acid groups (broad SMARTS) is 1. The molecule has 2 saturated heterocycles. The number of thiocarbonyl (C=S) groups is 1. The number of carboxylic acids is 1. The van der Waals surface area contributed by atoms with E-state index in [1.165, 1.54) is 18.3 Å². The minimum absolute atomic E-state index is 0.0888. The first-order chi connectivity index (χ1) is 10.6. The van der Waals surface area contributed by atoms with Crippen LogP contribution in [0.5, 0.6) is 0 Å². The minimum Gasteiger partial charge on any atom is -0.480 e. The highest BCUT2D eigenvalue weighted by atomic mass is 32.2. The minimum atomic E-state index is -0.875. The summed E-state index contributed by atoms with van der Waals surface area (Å²) >= 11 is 8.64. The van der Waals surface area contributed by atoms with Crippen molar-refractivity contribution in [2.24, 2.45) is 0 Å². The van der Waals surface area contributed by atoms with Gasteiger partial charge in [-0.05, 0) is 38.3 Å². The Hall–Kier alpha value is -1.12. The summed E-state index contributed by atoms with van der Waals surface area (Å²) in [7, 11) is 0. The molecular formula is C15H18N2O3S3. The summed E-state index contributed by atoms with van der Waals surface area (Å²) < 4.78 is -0.476. The lowest BCUT2D eigenvalue weighted by molar-refractivity contribution is -0.143. The van der Waals surface area contributed by atoms with Gasteiger partial charge in [0.05, 0.1) is 5.00 Å². The van der Waals surface area contributed by atoms with E-state index in [1.54, 1.807) is 21.6 Å². The Labute approximate surface area is 148 Å². The molecule has 0 aromatic carbocycles. The van der Waals surface area contributed by atoms with Crippen molar-refractivity contribution >= 4 is 57.2 Å². The Balaban J connectivity index is 2.03. The zero-order valence-corrected chi connectivity index (χ0v) is 15.7. The van der Waals surface area contributed by atoms with Gasteiger partial charge in [-0.2, -0.15) is 0 Å². The SMILES string of the molecule is CC(=O)N(c1cccs1)[C@@]1(C)C(=S)N2[C@@H](C(=O)O)C(C)(C)S[C@@H]21. The van der Waals surface area contributed by atoms with Crippen LogP contribution < -0.4 is 4.90 Å². The van der Waals surface area contributed by atoms with Gasteiger partial charge < -0.3 is 10.0 Å². The van der Waals surface area contributed by atoms with Crippen molar-refractivity contribution in [1.82, 2.24) is 4.90 Å². The molecule has 0 saturated carbocycles. The van der Waals surface area contributed by atoms with Gasteiger partial charge in [-0.15, -0.1) is 23.1 Å². The predicted molar refractivity (Wildman–Crippen MR) is 97.2 cm³/mol. The van der Waals surface area contributed by atoms with Gasteiger partial charge in [0.1, 0.15) is 21.9 Å². The standard InChI is InChI=1S/C15H18N2O3S3/c1-8(18)17(9-6-5-7-22-9)15(4)12(21)16-10(11(19)20)14(2,3)23-13(15)16/h5-7,10,13H,1-4H3,(H,19,20)/t10-,13+,15-/m0/s1. The number of thiophene rings is 1. The van der Waals surface area contributed by atoms with Crippen LogP contribution in [-0.4, -0.2) is 48.6 Å². The van der Waals surface area contributed by atoms with Gasteiger partial charge in [0, 0.05) is 11.7 Å². The third-order valence-electron chi connectivity index (χ3n) is 4.49. The number of nitrogens with zero attached hydrogens (tertiary/aromatic N) is 2. The van der Waals surface area contributed by atoms with Gasteiger partial charge in [0.15, 0.2) is 0 Å². The highest BCUT2D eigenvalue weighted by Gasteiger charge is 2.69. The molecule has 1 N–H and O–H groups in total. The van der Waals surface area contributed by atoms with Crippen LogP contribution in [0.3, 0.4) is 0 Å². The molecule has 3 atom stereocenters. The van der Waals surface area contributed by atoms with Crippen LogP contribution in [0, 0.1) is 0 Å². The molecule has 0 bridgehead atoms. The molecule has 3 rings (SSSR count). The maximum absolute atomic E-state index is 12.3. The second-order valence-electron chi connectivity index (χ2n) is 6.48. The smallest absolute Gasteiger partial charge is 0.327 e. The second-order valence-corrected chi connectivity index (χ2v) is 9.53. The number of rotatable bonds is 3. The first-order valence-electron chi connectivity index (χ1n) is 7.20. The molecule has 3 heterocycles. The largest absolute Gasteiger partial charge is 0.480 e. The zero-order valence-electron chi connectivity index (χ0n) is 13.3. The van der Waals surface area contributed by atoms with Crippen LogP contribution in [-0.2, 0) is 9.59 Å². The monoisotopic (exact) mass is 370 g/mol. The van der Waals surface area contributed by atoms with Gasteiger partial charge in [-0.3, -0.25) is 9.69 Å². The van der Waals surface area contributed by atoms with Crippen LogP contribution in [0.2, 0.25) is 0 Å². The van der Waals surface area contributed by atoms with Crippen LogP contribution in [0.25, 0.3) is 0 Å². The lowest BCUT2D eigenvalue weighted by atomic mass is 9.85. The summed E-state index contributed by atoms with van der Waals surface area (Å²) in [5.74, 6) is -0.964. The van der Waals surface area contributed by atoms with Gasteiger partial charge >= 0.3 is 5.97 Å². The normalized spacial score (nSPS) is 31.5. The number of anilines is 1. The first kappa shape index (κ1) is 16.7. The van der Waals surface area contributed by atoms with Gasteiger partial charge in [0.25, 0.3) is 0 Å².